The van der Waals surface area contributed by atoms with Gasteiger partial charge in [-0.1, -0.05) is 84.4 Å². The van der Waals surface area contributed by atoms with E-state index in [9.17, 15) is 14.4 Å². The predicted octanol–water partition coefficient (Wildman–Crippen LogP) is 7.93. The van der Waals surface area contributed by atoms with Gasteiger partial charge in [-0.2, -0.15) is 0 Å². The Balaban J connectivity index is 1.33. The van der Waals surface area contributed by atoms with Crippen LogP contribution in [-0.4, -0.2) is 22.7 Å². The molecule has 5 rings (SSSR count). The van der Waals surface area contributed by atoms with E-state index in [-0.39, 0.29) is 11.6 Å². The summed E-state index contributed by atoms with van der Waals surface area (Å²) in [6, 6.07) is 36.3. The number of amides is 3. The van der Waals surface area contributed by atoms with Gasteiger partial charge in [0.1, 0.15) is 16.8 Å². The molecule has 0 aliphatic carbocycles. The number of benzene rings is 4. The number of hydrogen-bond donors (Lipinski definition) is 3. The molecule has 3 amide bonds. The molecule has 0 radical (unpaired) electrons. The molecule has 45 heavy (non-hydrogen) atoms. The number of nitrogens with one attached hydrogen (secondary N) is 3. The number of nitrogens with zero attached hydrogens (tertiary/aromatic N) is 1. The summed E-state index contributed by atoms with van der Waals surface area (Å²) < 4.78 is 0. The van der Waals surface area contributed by atoms with Gasteiger partial charge in [-0.25, -0.2) is 4.98 Å². The summed E-state index contributed by atoms with van der Waals surface area (Å²) in [4.78, 5) is 44.8. The van der Waals surface area contributed by atoms with Crippen LogP contribution in [0.2, 0.25) is 5.02 Å². The fourth-order valence-corrected chi connectivity index (χ4v) is 5.48. The van der Waals surface area contributed by atoms with E-state index in [1.165, 1.54) is 18.0 Å². The molecule has 0 spiro atoms. The highest BCUT2D eigenvalue weighted by Gasteiger charge is 2.23. The lowest BCUT2D eigenvalue weighted by Crippen LogP contribution is -2.30. The zero-order valence-corrected chi connectivity index (χ0v) is 25.8. The van der Waals surface area contributed by atoms with E-state index in [1.807, 2.05) is 79.7 Å². The van der Waals surface area contributed by atoms with Crippen molar-refractivity contribution >= 4 is 58.7 Å². The predicted molar refractivity (Wildman–Crippen MR) is 181 cm³/mol. The maximum atomic E-state index is 13.5. The summed E-state index contributed by atoms with van der Waals surface area (Å²) >= 11 is 7.31. The van der Waals surface area contributed by atoms with Crippen molar-refractivity contribution in [3.05, 3.63) is 160 Å². The Hall–Kier alpha value is -5.18. The summed E-state index contributed by atoms with van der Waals surface area (Å²) in [7, 11) is 0. The van der Waals surface area contributed by atoms with Crippen molar-refractivity contribution in [3.63, 3.8) is 0 Å². The lowest BCUT2D eigenvalue weighted by Gasteiger charge is -2.17. The largest absolute Gasteiger partial charge is 0.321 e. The molecule has 1 heterocycles. The van der Waals surface area contributed by atoms with E-state index in [2.05, 4.69) is 20.9 Å². The first kappa shape index (κ1) is 31.3. The summed E-state index contributed by atoms with van der Waals surface area (Å²) in [5, 5.41) is 8.42. The minimum absolute atomic E-state index is 0.105. The molecule has 0 aliphatic rings. The van der Waals surface area contributed by atoms with Crippen LogP contribution in [0.4, 0.5) is 11.5 Å². The van der Waals surface area contributed by atoms with Crippen LogP contribution in [0.5, 0.6) is 0 Å². The molecular weight excluding hydrogens is 604 g/mol. The van der Waals surface area contributed by atoms with Crippen LogP contribution in [0.3, 0.4) is 0 Å². The summed E-state index contributed by atoms with van der Waals surface area (Å²) in [6.45, 7) is 1.94. The van der Waals surface area contributed by atoms with Gasteiger partial charge in [-0.15, -0.1) is 11.8 Å². The molecule has 7 nitrogen and oxygen atoms in total. The molecule has 1 aromatic heterocycles. The van der Waals surface area contributed by atoms with Gasteiger partial charge < -0.3 is 16.0 Å². The van der Waals surface area contributed by atoms with E-state index in [0.29, 0.717) is 22.1 Å². The Morgan fingerprint density at radius 1 is 0.778 bits per heavy atom. The van der Waals surface area contributed by atoms with Crippen LogP contribution < -0.4 is 16.0 Å². The topological polar surface area (TPSA) is 100 Å². The van der Waals surface area contributed by atoms with E-state index in [1.54, 1.807) is 54.6 Å². The minimum atomic E-state index is -0.569. The third-order valence-electron chi connectivity index (χ3n) is 6.70. The number of aryl methyl sites for hydroxylation is 1. The lowest BCUT2D eigenvalue weighted by atomic mass is 10.1. The quantitative estimate of drug-likeness (QED) is 0.107. The lowest BCUT2D eigenvalue weighted by molar-refractivity contribution is -0.116. The molecule has 0 fully saturated rings. The maximum absolute atomic E-state index is 13.5. The van der Waals surface area contributed by atoms with E-state index >= 15 is 0 Å². The monoisotopic (exact) mass is 632 g/mol. The smallest absolute Gasteiger partial charge is 0.272 e. The number of rotatable bonds is 10. The average molecular weight is 633 g/mol. The first-order valence-corrected chi connectivity index (χ1v) is 15.3. The zero-order valence-electron chi connectivity index (χ0n) is 24.2. The van der Waals surface area contributed by atoms with Crippen LogP contribution >= 0.6 is 23.4 Å². The Kier molecular flexibility index (Phi) is 10.4. The van der Waals surface area contributed by atoms with Crippen LogP contribution in [0.1, 0.15) is 32.3 Å². The Bertz CT molecular complexity index is 1810. The molecule has 0 bridgehead atoms. The van der Waals surface area contributed by atoms with Crippen molar-refractivity contribution in [2.24, 2.45) is 0 Å². The second kappa shape index (κ2) is 15.0. The second-order valence-corrected chi connectivity index (χ2v) is 11.6. The van der Waals surface area contributed by atoms with Crippen LogP contribution in [0.25, 0.3) is 6.08 Å². The molecule has 0 saturated carbocycles. The Labute approximate surface area is 270 Å². The molecule has 224 valence electrons. The van der Waals surface area contributed by atoms with Gasteiger partial charge in [-0.3, -0.25) is 14.4 Å². The minimum Gasteiger partial charge on any atom is -0.321 e. The number of anilines is 2. The number of carbonyl (C=O) groups is 3. The van der Waals surface area contributed by atoms with E-state index in [0.717, 1.165) is 21.6 Å². The Morgan fingerprint density at radius 2 is 1.44 bits per heavy atom. The number of hydrogen-bond acceptors (Lipinski definition) is 5. The molecule has 1 unspecified atom stereocenters. The number of halogens is 1. The molecule has 9 heteroatoms. The van der Waals surface area contributed by atoms with E-state index < -0.39 is 17.1 Å². The van der Waals surface area contributed by atoms with Crippen LogP contribution in [0.15, 0.2) is 138 Å². The highest BCUT2D eigenvalue weighted by atomic mass is 35.5. The number of pyridine rings is 1. The van der Waals surface area contributed by atoms with Crippen molar-refractivity contribution in [3.8, 4) is 0 Å². The molecule has 4 aromatic carbocycles. The molecule has 0 aliphatic heterocycles. The third-order valence-corrected chi connectivity index (χ3v) is 8.19. The van der Waals surface area contributed by atoms with Crippen LogP contribution in [0, 0.1) is 6.92 Å². The highest BCUT2D eigenvalue weighted by molar-refractivity contribution is 8.00. The molecular formula is C36H29ClN4O3S. The van der Waals surface area contributed by atoms with Gasteiger partial charge in [0.2, 0.25) is 5.91 Å². The molecule has 0 saturated heterocycles. The molecule has 1 atom stereocenters. The summed E-state index contributed by atoms with van der Waals surface area (Å²) in [6.07, 6.45) is 3.14. The number of aromatic nitrogens is 1. The fraction of sp³-hybridized carbons (Fsp3) is 0.0556. The third kappa shape index (κ3) is 8.69. The van der Waals surface area contributed by atoms with Crippen molar-refractivity contribution in [1.29, 1.82) is 0 Å². The maximum Gasteiger partial charge on any atom is 0.272 e. The second-order valence-electron chi connectivity index (χ2n) is 9.97. The summed E-state index contributed by atoms with van der Waals surface area (Å²) in [5.74, 6) is -0.701. The van der Waals surface area contributed by atoms with Crippen molar-refractivity contribution < 1.29 is 14.4 Å². The van der Waals surface area contributed by atoms with E-state index in [4.69, 9.17) is 11.6 Å². The van der Waals surface area contributed by atoms with Crippen molar-refractivity contribution in [2.75, 3.05) is 10.6 Å². The highest BCUT2D eigenvalue weighted by Crippen LogP contribution is 2.36. The molecule has 5 aromatic rings. The zero-order chi connectivity index (χ0) is 31.6. The van der Waals surface area contributed by atoms with Gasteiger partial charge in [0.25, 0.3) is 11.8 Å². The SMILES string of the molecule is Cc1ccccc1/C=C(\NC(=O)c1ccccc1)C(=O)Nc1ccc(SC(C(=O)Nc2ccc(Cl)cn2)c2ccccc2)cc1. The van der Waals surface area contributed by atoms with Crippen molar-refractivity contribution in [2.45, 2.75) is 17.1 Å². The van der Waals surface area contributed by atoms with Gasteiger partial charge in [-0.05, 0) is 78.2 Å². The van der Waals surface area contributed by atoms with Gasteiger partial charge in [0, 0.05) is 22.3 Å². The number of carbonyl (C=O) groups excluding carboxylic acids is 3. The molecule has 3 N–H and O–H groups in total. The summed E-state index contributed by atoms with van der Waals surface area (Å²) in [5.41, 5.74) is 3.66. The Morgan fingerprint density at radius 3 is 2.11 bits per heavy atom. The van der Waals surface area contributed by atoms with Gasteiger partial charge in [0.15, 0.2) is 0 Å². The normalized spacial score (nSPS) is 11.7. The van der Waals surface area contributed by atoms with Gasteiger partial charge >= 0.3 is 0 Å². The fourth-order valence-electron chi connectivity index (χ4n) is 4.34. The van der Waals surface area contributed by atoms with Crippen LogP contribution in [-0.2, 0) is 9.59 Å². The first-order valence-electron chi connectivity index (χ1n) is 14.0. The average Bonchev–Trinajstić information content (AvgIpc) is 3.06. The van der Waals surface area contributed by atoms with Gasteiger partial charge in [0.05, 0.1) is 5.02 Å². The number of thioether (sulfide) groups is 1. The van der Waals surface area contributed by atoms with Crippen molar-refractivity contribution in [1.82, 2.24) is 10.3 Å². The standard InChI is InChI=1S/C36H29ClN4O3S/c1-24-10-8-9-15-27(24)22-31(40-34(42)26-13-6-3-7-14-26)35(43)39-29-17-19-30(20-18-29)45-33(25-11-4-2-5-12-25)36(44)41-32-21-16-28(37)23-38-32/h2-23,33H,1H3,(H,39,43)(H,40,42)(H,38,41,44)/b31-22-. The first-order chi connectivity index (χ1) is 21.9.